The highest BCUT2D eigenvalue weighted by molar-refractivity contribution is 6.07. The molecule has 39 heavy (non-hydrogen) atoms. The molecule has 0 aliphatic heterocycles. The molecule has 1 aliphatic carbocycles. The number of hydrogen-bond donors (Lipinski definition) is 4. The number of rotatable bonds is 9. The normalized spacial score (nSPS) is 17.7. The first kappa shape index (κ1) is 26.2. The number of fused-ring (bicyclic) bond motifs is 1. The molecule has 1 saturated carbocycles. The first-order chi connectivity index (χ1) is 19.1. The number of amides is 3. The zero-order valence-corrected chi connectivity index (χ0v) is 21.9. The van der Waals surface area contributed by atoms with Crippen LogP contribution in [0, 0.1) is 5.92 Å². The van der Waals surface area contributed by atoms with Crippen LogP contribution in [0.3, 0.4) is 0 Å². The average Bonchev–Trinajstić information content (AvgIpc) is 3.41. The number of para-hydroxylation sites is 1. The van der Waals surface area contributed by atoms with Crippen LogP contribution in [0.1, 0.15) is 47.2 Å². The van der Waals surface area contributed by atoms with E-state index in [4.69, 9.17) is 0 Å². The van der Waals surface area contributed by atoms with Crippen LogP contribution in [-0.2, 0) is 22.6 Å². The SMILES string of the molecule is O=C(NC1CCCCC1C(=O)NC(Cc1ccccc1)C(=O)NCc1ccccc1)c1c[nH]c2ccccc12. The molecule has 1 aliphatic rings. The molecule has 7 nitrogen and oxygen atoms in total. The van der Waals surface area contributed by atoms with Crippen LogP contribution in [0.15, 0.2) is 91.1 Å². The molecule has 0 bridgehead atoms. The Balaban J connectivity index is 1.28. The Morgan fingerprint density at radius 3 is 2.26 bits per heavy atom. The third kappa shape index (κ3) is 6.55. The van der Waals surface area contributed by atoms with Crippen molar-refractivity contribution in [2.45, 2.75) is 50.7 Å². The second kappa shape index (κ2) is 12.4. The molecule has 3 unspecified atom stereocenters. The van der Waals surface area contributed by atoms with Crippen molar-refractivity contribution in [2.24, 2.45) is 5.92 Å². The van der Waals surface area contributed by atoms with Crippen LogP contribution in [0.2, 0.25) is 0 Å². The first-order valence-corrected chi connectivity index (χ1v) is 13.6. The van der Waals surface area contributed by atoms with Crippen molar-refractivity contribution in [3.63, 3.8) is 0 Å². The first-order valence-electron chi connectivity index (χ1n) is 13.6. The molecule has 0 saturated heterocycles. The maximum absolute atomic E-state index is 13.6. The van der Waals surface area contributed by atoms with Gasteiger partial charge in [-0.05, 0) is 30.0 Å². The van der Waals surface area contributed by atoms with Gasteiger partial charge in [0.05, 0.1) is 11.5 Å². The number of aromatic amines is 1. The van der Waals surface area contributed by atoms with Gasteiger partial charge in [-0.1, -0.05) is 91.7 Å². The van der Waals surface area contributed by atoms with E-state index in [0.717, 1.165) is 41.3 Å². The van der Waals surface area contributed by atoms with Crippen molar-refractivity contribution in [3.8, 4) is 0 Å². The van der Waals surface area contributed by atoms with Gasteiger partial charge in [-0.15, -0.1) is 0 Å². The number of nitrogens with one attached hydrogen (secondary N) is 4. The van der Waals surface area contributed by atoms with E-state index in [-0.39, 0.29) is 23.8 Å². The molecule has 4 N–H and O–H groups in total. The summed E-state index contributed by atoms with van der Waals surface area (Å²) in [5.74, 6) is -1.03. The molecule has 3 atom stereocenters. The topological polar surface area (TPSA) is 103 Å². The fourth-order valence-electron chi connectivity index (χ4n) is 5.37. The van der Waals surface area contributed by atoms with Gasteiger partial charge in [0.15, 0.2) is 0 Å². The molecular weight excluding hydrogens is 488 g/mol. The second-order valence-electron chi connectivity index (χ2n) is 10.2. The number of H-pyrrole nitrogens is 1. The van der Waals surface area contributed by atoms with Gasteiger partial charge in [-0.25, -0.2) is 0 Å². The van der Waals surface area contributed by atoms with Crippen LogP contribution in [0.4, 0.5) is 0 Å². The quantitative estimate of drug-likeness (QED) is 0.260. The summed E-state index contributed by atoms with van der Waals surface area (Å²) in [7, 11) is 0. The van der Waals surface area contributed by atoms with E-state index in [2.05, 4.69) is 20.9 Å². The fourth-order valence-corrected chi connectivity index (χ4v) is 5.37. The van der Waals surface area contributed by atoms with Gasteiger partial charge in [0, 0.05) is 36.1 Å². The molecule has 1 heterocycles. The van der Waals surface area contributed by atoms with E-state index in [1.807, 2.05) is 84.9 Å². The Bertz CT molecular complexity index is 1420. The lowest BCUT2D eigenvalue weighted by Gasteiger charge is -2.32. The Labute approximate surface area is 228 Å². The molecule has 0 radical (unpaired) electrons. The van der Waals surface area contributed by atoms with Crippen LogP contribution >= 0.6 is 0 Å². The minimum absolute atomic E-state index is 0.196. The van der Waals surface area contributed by atoms with Crippen LogP contribution < -0.4 is 16.0 Å². The summed E-state index contributed by atoms with van der Waals surface area (Å²) >= 11 is 0. The number of aromatic nitrogens is 1. The van der Waals surface area contributed by atoms with Gasteiger partial charge < -0.3 is 20.9 Å². The third-order valence-corrected chi connectivity index (χ3v) is 7.48. The lowest BCUT2D eigenvalue weighted by atomic mass is 9.83. The molecule has 3 amide bonds. The van der Waals surface area contributed by atoms with E-state index in [1.54, 1.807) is 6.20 Å². The van der Waals surface area contributed by atoms with Crippen molar-refractivity contribution in [2.75, 3.05) is 0 Å². The molecule has 3 aromatic carbocycles. The summed E-state index contributed by atoms with van der Waals surface area (Å²) in [6, 6.07) is 26.0. The van der Waals surface area contributed by atoms with Gasteiger partial charge in [0.2, 0.25) is 11.8 Å². The Morgan fingerprint density at radius 2 is 1.49 bits per heavy atom. The maximum atomic E-state index is 13.6. The zero-order chi connectivity index (χ0) is 27.0. The summed E-state index contributed by atoms with van der Waals surface area (Å²) < 4.78 is 0. The lowest BCUT2D eigenvalue weighted by molar-refractivity contribution is -0.132. The highest BCUT2D eigenvalue weighted by atomic mass is 16.2. The van der Waals surface area contributed by atoms with Crippen molar-refractivity contribution in [3.05, 3.63) is 108 Å². The summed E-state index contributed by atoms with van der Waals surface area (Å²) in [6.45, 7) is 0.383. The molecular formula is C32H34N4O3. The van der Waals surface area contributed by atoms with Crippen LogP contribution in [0.5, 0.6) is 0 Å². The average molecular weight is 523 g/mol. The zero-order valence-electron chi connectivity index (χ0n) is 21.9. The number of carbonyl (C=O) groups excluding carboxylic acids is 3. The van der Waals surface area contributed by atoms with E-state index < -0.39 is 12.0 Å². The van der Waals surface area contributed by atoms with E-state index in [9.17, 15) is 14.4 Å². The van der Waals surface area contributed by atoms with Crippen molar-refractivity contribution < 1.29 is 14.4 Å². The number of hydrogen-bond acceptors (Lipinski definition) is 3. The molecule has 0 spiro atoms. The maximum Gasteiger partial charge on any atom is 0.253 e. The Kier molecular flexibility index (Phi) is 8.36. The predicted molar refractivity (Wildman–Crippen MR) is 152 cm³/mol. The smallest absolute Gasteiger partial charge is 0.253 e. The van der Waals surface area contributed by atoms with E-state index in [1.165, 1.54) is 0 Å². The van der Waals surface area contributed by atoms with Gasteiger partial charge in [-0.2, -0.15) is 0 Å². The summed E-state index contributed by atoms with van der Waals surface area (Å²) in [6.07, 6.45) is 5.32. The van der Waals surface area contributed by atoms with Gasteiger partial charge in [-0.3, -0.25) is 14.4 Å². The van der Waals surface area contributed by atoms with E-state index in [0.29, 0.717) is 24.9 Å². The minimum atomic E-state index is -0.726. The molecule has 1 fully saturated rings. The van der Waals surface area contributed by atoms with Gasteiger partial charge in [0.1, 0.15) is 6.04 Å². The van der Waals surface area contributed by atoms with Gasteiger partial charge >= 0.3 is 0 Å². The Morgan fingerprint density at radius 1 is 0.821 bits per heavy atom. The molecule has 5 rings (SSSR count). The molecule has 1 aromatic heterocycles. The highest BCUT2D eigenvalue weighted by Crippen LogP contribution is 2.26. The monoisotopic (exact) mass is 522 g/mol. The second-order valence-corrected chi connectivity index (χ2v) is 10.2. The van der Waals surface area contributed by atoms with Gasteiger partial charge in [0.25, 0.3) is 5.91 Å². The Hall–Kier alpha value is -4.39. The highest BCUT2D eigenvalue weighted by Gasteiger charge is 2.34. The van der Waals surface area contributed by atoms with Crippen LogP contribution in [-0.4, -0.2) is 34.8 Å². The van der Waals surface area contributed by atoms with Crippen molar-refractivity contribution in [1.29, 1.82) is 0 Å². The third-order valence-electron chi connectivity index (χ3n) is 7.48. The standard InChI is InChI=1S/C32H34N4O3/c37-30(25-16-8-10-18-28(25)35-31(38)26-21-33-27-17-9-7-15-24(26)27)36-29(19-22-11-3-1-4-12-22)32(39)34-20-23-13-5-2-6-14-23/h1-7,9,11-15,17,21,25,28-29,33H,8,10,16,18-20H2,(H,34,39)(H,35,38)(H,36,37). The number of benzene rings is 3. The number of carbonyl (C=O) groups is 3. The van der Waals surface area contributed by atoms with Crippen molar-refractivity contribution >= 4 is 28.6 Å². The van der Waals surface area contributed by atoms with Crippen molar-refractivity contribution in [1.82, 2.24) is 20.9 Å². The van der Waals surface area contributed by atoms with E-state index >= 15 is 0 Å². The summed E-state index contributed by atoms with van der Waals surface area (Å²) in [5.41, 5.74) is 3.41. The van der Waals surface area contributed by atoms with Crippen LogP contribution in [0.25, 0.3) is 10.9 Å². The largest absolute Gasteiger partial charge is 0.360 e. The molecule has 4 aromatic rings. The predicted octanol–water partition coefficient (Wildman–Crippen LogP) is 4.50. The summed E-state index contributed by atoms with van der Waals surface area (Å²) in [4.78, 5) is 43.3. The lowest BCUT2D eigenvalue weighted by Crippen LogP contribution is -2.54. The molecule has 200 valence electrons. The minimum Gasteiger partial charge on any atom is -0.360 e. The molecule has 7 heteroatoms. The fraction of sp³-hybridized carbons (Fsp3) is 0.281. The summed E-state index contributed by atoms with van der Waals surface area (Å²) in [5, 5.41) is 9.98.